The van der Waals surface area contributed by atoms with Crippen LogP contribution in [0.1, 0.15) is 36.0 Å². The monoisotopic (exact) mass is 369 g/mol. The second kappa shape index (κ2) is 7.25. The van der Waals surface area contributed by atoms with E-state index in [0.717, 1.165) is 72.9 Å². The molecule has 0 fully saturated rings. The van der Waals surface area contributed by atoms with Gasteiger partial charge in [0.05, 0.1) is 19.9 Å². The average Bonchev–Trinajstić information content (AvgIpc) is 3.14. The van der Waals surface area contributed by atoms with Gasteiger partial charge in [0.1, 0.15) is 5.82 Å². The number of carbonyl (C=O) groups is 1. The lowest BCUT2D eigenvalue weighted by molar-refractivity contribution is -0.137. The van der Waals surface area contributed by atoms with E-state index in [1.165, 1.54) is 0 Å². The van der Waals surface area contributed by atoms with Crippen LogP contribution in [0.3, 0.4) is 0 Å². The SMILES string of the molecule is CCc1cn2c(n1)CC(C(=O)N1CCc3c(ccc(OC)c3OC)C1)CC2. The zero-order valence-electron chi connectivity index (χ0n) is 16.3. The Hall–Kier alpha value is -2.50. The molecule has 2 aromatic rings. The van der Waals surface area contributed by atoms with Crippen molar-refractivity contribution in [1.82, 2.24) is 14.5 Å². The minimum atomic E-state index is 0.0336. The van der Waals surface area contributed by atoms with Gasteiger partial charge in [-0.15, -0.1) is 0 Å². The second-order valence-corrected chi connectivity index (χ2v) is 7.33. The van der Waals surface area contributed by atoms with E-state index >= 15 is 0 Å². The molecule has 0 spiro atoms. The van der Waals surface area contributed by atoms with Crippen LogP contribution >= 0.6 is 0 Å². The van der Waals surface area contributed by atoms with Crippen molar-refractivity contribution < 1.29 is 14.3 Å². The van der Waals surface area contributed by atoms with E-state index in [1.807, 2.05) is 11.0 Å². The van der Waals surface area contributed by atoms with Crippen molar-refractivity contribution in [3.05, 3.63) is 41.0 Å². The van der Waals surface area contributed by atoms with Gasteiger partial charge in [0.15, 0.2) is 11.5 Å². The molecule has 144 valence electrons. The predicted octanol–water partition coefficient (Wildman–Crippen LogP) is 2.61. The molecule has 0 saturated carbocycles. The molecule has 27 heavy (non-hydrogen) atoms. The molecule has 6 heteroatoms. The number of aryl methyl sites for hydroxylation is 2. The molecular weight excluding hydrogens is 342 g/mol. The Morgan fingerprint density at radius 1 is 1.26 bits per heavy atom. The van der Waals surface area contributed by atoms with E-state index in [1.54, 1.807) is 14.2 Å². The summed E-state index contributed by atoms with van der Waals surface area (Å²) in [6.45, 7) is 4.36. The van der Waals surface area contributed by atoms with E-state index in [4.69, 9.17) is 9.47 Å². The Bertz CT molecular complexity index is 859. The van der Waals surface area contributed by atoms with Crippen molar-refractivity contribution in [2.24, 2.45) is 5.92 Å². The maximum atomic E-state index is 13.2. The summed E-state index contributed by atoms with van der Waals surface area (Å²) in [7, 11) is 3.32. The number of benzene rings is 1. The minimum absolute atomic E-state index is 0.0336. The van der Waals surface area contributed by atoms with E-state index in [0.29, 0.717) is 6.54 Å². The molecule has 0 N–H and O–H groups in total. The molecule has 3 heterocycles. The Kier molecular flexibility index (Phi) is 4.81. The number of methoxy groups -OCH3 is 2. The van der Waals surface area contributed by atoms with Crippen LogP contribution in [-0.2, 0) is 37.1 Å². The lowest BCUT2D eigenvalue weighted by Gasteiger charge is -2.34. The quantitative estimate of drug-likeness (QED) is 0.831. The minimum Gasteiger partial charge on any atom is -0.493 e. The van der Waals surface area contributed by atoms with E-state index in [2.05, 4.69) is 28.7 Å². The van der Waals surface area contributed by atoms with Crippen molar-refractivity contribution in [2.75, 3.05) is 20.8 Å². The standard InChI is InChI=1S/C21H27N3O3/c1-4-16-13-23-9-7-14(11-19(23)22-16)21(25)24-10-8-17-15(12-24)5-6-18(26-2)20(17)27-3/h5-6,13-14H,4,7-12H2,1-3H3. The number of amides is 1. The third-order valence-corrected chi connectivity index (χ3v) is 5.82. The van der Waals surface area contributed by atoms with E-state index in [9.17, 15) is 4.79 Å². The molecule has 2 aliphatic rings. The number of carbonyl (C=O) groups excluding carboxylic acids is 1. The lowest BCUT2D eigenvalue weighted by atomic mass is 9.93. The maximum absolute atomic E-state index is 13.2. The largest absolute Gasteiger partial charge is 0.493 e. The first-order valence-corrected chi connectivity index (χ1v) is 9.71. The summed E-state index contributed by atoms with van der Waals surface area (Å²) in [5, 5.41) is 0. The third kappa shape index (κ3) is 3.17. The summed E-state index contributed by atoms with van der Waals surface area (Å²) < 4.78 is 13.2. The summed E-state index contributed by atoms with van der Waals surface area (Å²) in [6, 6.07) is 3.98. The van der Waals surface area contributed by atoms with Crippen LogP contribution in [0.15, 0.2) is 18.3 Å². The summed E-state index contributed by atoms with van der Waals surface area (Å²) in [4.78, 5) is 19.8. The summed E-state index contributed by atoms with van der Waals surface area (Å²) >= 11 is 0. The van der Waals surface area contributed by atoms with Gasteiger partial charge >= 0.3 is 0 Å². The second-order valence-electron chi connectivity index (χ2n) is 7.33. The van der Waals surface area contributed by atoms with Crippen molar-refractivity contribution in [2.45, 2.75) is 45.7 Å². The number of ether oxygens (including phenoxy) is 2. The van der Waals surface area contributed by atoms with Crippen molar-refractivity contribution in [3.8, 4) is 11.5 Å². The zero-order chi connectivity index (χ0) is 19.0. The fraction of sp³-hybridized carbons (Fsp3) is 0.524. The molecule has 0 bridgehead atoms. The van der Waals surface area contributed by atoms with Crippen molar-refractivity contribution in [1.29, 1.82) is 0 Å². The highest BCUT2D eigenvalue weighted by Crippen LogP contribution is 2.37. The van der Waals surface area contributed by atoms with Crippen LogP contribution in [-0.4, -0.2) is 41.1 Å². The first-order valence-electron chi connectivity index (χ1n) is 9.71. The Morgan fingerprint density at radius 3 is 2.85 bits per heavy atom. The molecular formula is C21H27N3O3. The van der Waals surface area contributed by atoms with Crippen LogP contribution in [0.4, 0.5) is 0 Å². The smallest absolute Gasteiger partial charge is 0.226 e. The first kappa shape index (κ1) is 17.9. The molecule has 4 rings (SSSR count). The maximum Gasteiger partial charge on any atom is 0.226 e. The molecule has 1 aromatic heterocycles. The van der Waals surface area contributed by atoms with E-state index in [-0.39, 0.29) is 11.8 Å². The van der Waals surface area contributed by atoms with Gasteiger partial charge in [0, 0.05) is 43.7 Å². The van der Waals surface area contributed by atoms with Gasteiger partial charge in [-0.05, 0) is 30.9 Å². The normalized spacial score (nSPS) is 18.6. The van der Waals surface area contributed by atoms with Crippen LogP contribution in [0.5, 0.6) is 11.5 Å². The van der Waals surface area contributed by atoms with Gasteiger partial charge in [-0.2, -0.15) is 0 Å². The Labute approximate surface area is 160 Å². The number of hydrogen-bond acceptors (Lipinski definition) is 4. The molecule has 0 radical (unpaired) electrons. The van der Waals surface area contributed by atoms with Gasteiger partial charge in [-0.1, -0.05) is 13.0 Å². The molecule has 6 nitrogen and oxygen atoms in total. The average molecular weight is 369 g/mol. The van der Waals surface area contributed by atoms with Crippen LogP contribution in [0.2, 0.25) is 0 Å². The highest BCUT2D eigenvalue weighted by Gasteiger charge is 2.32. The first-order chi connectivity index (χ1) is 13.1. The predicted molar refractivity (Wildman–Crippen MR) is 102 cm³/mol. The topological polar surface area (TPSA) is 56.6 Å². The number of nitrogens with zero attached hydrogens (tertiary/aromatic N) is 3. The molecule has 1 atom stereocenters. The van der Waals surface area contributed by atoms with Gasteiger partial charge in [0.25, 0.3) is 0 Å². The van der Waals surface area contributed by atoms with Crippen molar-refractivity contribution in [3.63, 3.8) is 0 Å². The number of hydrogen-bond donors (Lipinski definition) is 0. The van der Waals surface area contributed by atoms with Crippen LogP contribution in [0, 0.1) is 5.92 Å². The lowest BCUT2D eigenvalue weighted by Crippen LogP contribution is -2.42. The van der Waals surface area contributed by atoms with Crippen molar-refractivity contribution >= 4 is 5.91 Å². The molecule has 0 aliphatic carbocycles. The molecule has 2 aliphatic heterocycles. The highest BCUT2D eigenvalue weighted by molar-refractivity contribution is 5.79. The molecule has 1 amide bonds. The Balaban J connectivity index is 1.50. The fourth-order valence-electron chi connectivity index (χ4n) is 4.30. The number of fused-ring (bicyclic) bond motifs is 2. The molecule has 0 saturated heterocycles. The molecule has 1 unspecified atom stereocenters. The van der Waals surface area contributed by atoms with Crippen LogP contribution in [0.25, 0.3) is 0 Å². The van der Waals surface area contributed by atoms with Gasteiger partial charge in [0.2, 0.25) is 5.91 Å². The van der Waals surface area contributed by atoms with Crippen LogP contribution < -0.4 is 9.47 Å². The van der Waals surface area contributed by atoms with Gasteiger partial charge in [-0.25, -0.2) is 4.98 Å². The summed E-state index contributed by atoms with van der Waals surface area (Å²) in [5.41, 5.74) is 3.43. The Morgan fingerprint density at radius 2 is 2.11 bits per heavy atom. The highest BCUT2D eigenvalue weighted by atomic mass is 16.5. The van der Waals surface area contributed by atoms with Gasteiger partial charge < -0.3 is 18.9 Å². The molecule has 1 aromatic carbocycles. The van der Waals surface area contributed by atoms with Gasteiger partial charge in [-0.3, -0.25) is 4.79 Å². The number of rotatable bonds is 4. The number of aromatic nitrogens is 2. The summed E-state index contributed by atoms with van der Waals surface area (Å²) in [5.74, 6) is 2.89. The zero-order valence-corrected chi connectivity index (χ0v) is 16.3. The third-order valence-electron chi connectivity index (χ3n) is 5.82. The fourth-order valence-corrected chi connectivity index (χ4v) is 4.30. The number of imidazole rings is 1. The summed E-state index contributed by atoms with van der Waals surface area (Å²) in [6.07, 6.45) is 5.50. The van der Waals surface area contributed by atoms with E-state index < -0.39 is 0 Å².